The van der Waals surface area contributed by atoms with E-state index in [1.165, 1.54) is 9.80 Å². The molecular formula is C39H30ClIN2O5. The lowest BCUT2D eigenvalue weighted by Gasteiger charge is -2.50. The van der Waals surface area contributed by atoms with E-state index in [1.807, 2.05) is 60.7 Å². The number of hydrogen-bond donors (Lipinski definition) is 1. The average Bonchev–Trinajstić information content (AvgIpc) is 3.47. The van der Waals surface area contributed by atoms with E-state index >= 15 is 4.79 Å². The topological polar surface area (TPSA) is 95.0 Å². The van der Waals surface area contributed by atoms with E-state index in [9.17, 15) is 19.5 Å². The first kappa shape index (κ1) is 31.0. The van der Waals surface area contributed by atoms with Gasteiger partial charge in [0.1, 0.15) is 5.75 Å². The third-order valence-corrected chi connectivity index (χ3v) is 11.8. The van der Waals surface area contributed by atoms with Crippen molar-refractivity contribution in [3.63, 3.8) is 0 Å². The van der Waals surface area contributed by atoms with Crippen LogP contribution in [0.15, 0.2) is 109 Å². The second-order valence-corrected chi connectivity index (χ2v) is 14.8. The van der Waals surface area contributed by atoms with Crippen molar-refractivity contribution in [1.29, 1.82) is 0 Å². The second kappa shape index (κ2) is 11.4. The van der Waals surface area contributed by atoms with E-state index in [4.69, 9.17) is 11.6 Å². The molecule has 6 atom stereocenters. The summed E-state index contributed by atoms with van der Waals surface area (Å²) in [5, 5.41) is 12.1. The van der Waals surface area contributed by atoms with Gasteiger partial charge in [-0.2, -0.15) is 0 Å². The zero-order valence-corrected chi connectivity index (χ0v) is 28.8. The number of aromatic hydroxyl groups is 1. The number of para-hydroxylation sites is 1. The van der Waals surface area contributed by atoms with Crippen LogP contribution in [0.2, 0.25) is 5.02 Å². The number of imide groups is 2. The highest BCUT2D eigenvalue weighted by atomic mass is 127. The van der Waals surface area contributed by atoms with Crippen molar-refractivity contribution in [2.75, 3.05) is 9.80 Å². The number of hydrogen-bond acceptors (Lipinski definition) is 5. The Morgan fingerprint density at radius 3 is 2.25 bits per heavy atom. The molecule has 9 heteroatoms. The molecule has 4 aromatic rings. The Bertz CT molecular complexity index is 2060. The number of allylic oxidation sites excluding steroid dienone is 2. The molecule has 0 bridgehead atoms. The van der Waals surface area contributed by atoms with Crippen LogP contribution in [0.1, 0.15) is 35.4 Å². The van der Waals surface area contributed by atoms with Crippen LogP contribution in [0.3, 0.4) is 0 Å². The normalized spacial score (nSPS) is 27.9. The van der Waals surface area contributed by atoms with Gasteiger partial charge in [0.15, 0.2) is 0 Å². The number of nitrogens with zero attached hydrogens (tertiary/aromatic N) is 2. The third-order valence-electron chi connectivity index (χ3n) is 10.8. The van der Waals surface area contributed by atoms with Crippen molar-refractivity contribution in [3.8, 4) is 5.75 Å². The summed E-state index contributed by atoms with van der Waals surface area (Å²) in [6.07, 6.45) is 2.49. The Labute approximate surface area is 296 Å². The van der Waals surface area contributed by atoms with E-state index in [0.717, 1.165) is 9.14 Å². The smallest absolute Gasteiger partial charge is 0.246 e. The van der Waals surface area contributed by atoms with Crippen molar-refractivity contribution in [2.45, 2.75) is 31.1 Å². The molecule has 7 nitrogen and oxygen atoms in total. The Hall–Kier alpha value is -4.28. The Balaban J connectivity index is 1.36. The van der Waals surface area contributed by atoms with Crippen LogP contribution in [0.5, 0.6) is 5.75 Å². The lowest BCUT2D eigenvalue weighted by atomic mass is 9.49. The molecule has 0 radical (unpaired) electrons. The molecule has 8 rings (SSSR count). The standard InChI is InChI=1S/C39H30ClIN2O5/c1-21-7-5-12-29(34(21)44)33-27-17-18-28-32(37(47)42(35(28)45)25-15-13-24(41)14-16-25)30(27)20-31-36(46)43(26-11-6-10-23(40)19-26)38(48)39(31,33)22-8-3-2-4-9-22/h2-17,19,28,30-33,44H,18,20H2,1H3. The van der Waals surface area contributed by atoms with Crippen molar-refractivity contribution in [2.24, 2.45) is 23.7 Å². The van der Waals surface area contributed by atoms with Gasteiger partial charge in [0.05, 0.1) is 34.5 Å². The van der Waals surface area contributed by atoms with Crippen molar-refractivity contribution in [3.05, 3.63) is 134 Å². The van der Waals surface area contributed by atoms with Crippen LogP contribution in [0, 0.1) is 34.2 Å². The molecule has 3 fully saturated rings. The van der Waals surface area contributed by atoms with Gasteiger partial charge in [-0.15, -0.1) is 0 Å². The van der Waals surface area contributed by atoms with E-state index in [1.54, 1.807) is 49.4 Å². The van der Waals surface area contributed by atoms with Gasteiger partial charge in [0.25, 0.3) is 0 Å². The van der Waals surface area contributed by atoms with Gasteiger partial charge in [-0.05, 0) is 102 Å². The molecular weight excluding hydrogens is 739 g/mol. The fourth-order valence-electron chi connectivity index (χ4n) is 8.85. The molecule has 1 saturated carbocycles. The number of fused-ring (bicyclic) bond motifs is 4. The summed E-state index contributed by atoms with van der Waals surface area (Å²) in [5.74, 6) is -4.85. The van der Waals surface area contributed by atoms with Gasteiger partial charge >= 0.3 is 0 Å². The average molecular weight is 769 g/mol. The summed E-state index contributed by atoms with van der Waals surface area (Å²) >= 11 is 8.57. The minimum atomic E-state index is -1.44. The fraction of sp³-hybridized carbons (Fsp3) is 0.231. The molecule has 0 spiro atoms. The summed E-state index contributed by atoms with van der Waals surface area (Å²) in [5.41, 5.74) is 2.03. The predicted octanol–water partition coefficient (Wildman–Crippen LogP) is 7.33. The van der Waals surface area contributed by atoms with Gasteiger partial charge in [-0.25, -0.2) is 4.90 Å². The van der Waals surface area contributed by atoms with Crippen LogP contribution in [0.4, 0.5) is 11.4 Å². The highest BCUT2D eigenvalue weighted by molar-refractivity contribution is 14.1. The van der Waals surface area contributed by atoms with E-state index in [2.05, 4.69) is 22.6 Å². The lowest BCUT2D eigenvalue weighted by molar-refractivity contribution is -0.127. The first-order chi connectivity index (χ1) is 23.1. The zero-order chi connectivity index (χ0) is 33.5. The molecule has 4 aliphatic rings. The summed E-state index contributed by atoms with van der Waals surface area (Å²) in [4.78, 5) is 61.0. The quantitative estimate of drug-likeness (QED) is 0.133. The number of phenols is 1. The molecule has 2 heterocycles. The number of halogens is 2. The molecule has 4 aromatic carbocycles. The molecule has 2 saturated heterocycles. The maximum absolute atomic E-state index is 15.3. The number of amides is 4. The summed E-state index contributed by atoms with van der Waals surface area (Å²) < 4.78 is 0.982. The fourth-order valence-corrected chi connectivity index (χ4v) is 9.39. The highest BCUT2D eigenvalue weighted by Gasteiger charge is 2.70. The highest BCUT2D eigenvalue weighted by Crippen LogP contribution is 2.65. The number of phenolic OH excluding ortho intramolecular Hbond substituents is 1. The van der Waals surface area contributed by atoms with Gasteiger partial charge in [0, 0.05) is 20.1 Å². The van der Waals surface area contributed by atoms with E-state index in [0.29, 0.717) is 39.5 Å². The van der Waals surface area contributed by atoms with Gasteiger partial charge < -0.3 is 5.11 Å². The van der Waals surface area contributed by atoms with Gasteiger partial charge in [-0.3, -0.25) is 24.1 Å². The van der Waals surface area contributed by atoms with Crippen LogP contribution in [-0.2, 0) is 24.6 Å². The van der Waals surface area contributed by atoms with Crippen LogP contribution >= 0.6 is 34.2 Å². The number of rotatable bonds is 4. The third kappa shape index (κ3) is 4.31. The maximum Gasteiger partial charge on any atom is 0.246 e. The summed E-state index contributed by atoms with van der Waals surface area (Å²) in [6, 6.07) is 28.7. The molecule has 48 heavy (non-hydrogen) atoms. The molecule has 4 amide bonds. The lowest BCUT2D eigenvalue weighted by Crippen LogP contribution is -2.53. The molecule has 240 valence electrons. The van der Waals surface area contributed by atoms with Crippen molar-refractivity contribution >= 4 is 69.2 Å². The first-order valence-corrected chi connectivity index (χ1v) is 17.4. The molecule has 2 aliphatic carbocycles. The first-order valence-electron chi connectivity index (χ1n) is 16.0. The molecule has 6 unspecified atom stereocenters. The van der Waals surface area contributed by atoms with Crippen LogP contribution < -0.4 is 9.80 Å². The van der Waals surface area contributed by atoms with E-state index < -0.39 is 46.8 Å². The molecule has 0 aromatic heterocycles. The SMILES string of the molecule is Cc1cccc(C2C3=CCC4C(=O)N(c5ccc(I)cc5)C(=O)C4C3CC3C(=O)N(c4cccc(Cl)c4)C(=O)C32c2ccccc2)c1O. The molecule has 1 N–H and O–H groups in total. The number of benzene rings is 4. The zero-order valence-electron chi connectivity index (χ0n) is 25.8. The number of carbonyl (C=O) groups excluding carboxylic acids is 4. The second-order valence-electron chi connectivity index (χ2n) is 13.1. The van der Waals surface area contributed by atoms with Crippen LogP contribution in [0.25, 0.3) is 0 Å². The Morgan fingerprint density at radius 1 is 0.792 bits per heavy atom. The monoisotopic (exact) mass is 768 g/mol. The number of aryl methyl sites for hydroxylation is 1. The summed E-state index contributed by atoms with van der Waals surface area (Å²) in [6.45, 7) is 1.80. The Kier molecular flexibility index (Phi) is 7.37. The minimum absolute atomic E-state index is 0.0380. The summed E-state index contributed by atoms with van der Waals surface area (Å²) in [7, 11) is 0. The van der Waals surface area contributed by atoms with Gasteiger partial charge in [-0.1, -0.05) is 77.8 Å². The number of carbonyl (C=O) groups is 4. The van der Waals surface area contributed by atoms with Crippen LogP contribution in [-0.4, -0.2) is 28.7 Å². The minimum Gasteiger partial charge on any atom is -0.507 e. The van der Waals surface area contributed by atoms with Crippen molar-refractivity contribution < 1.29 is 24.3 Å². The maximum atomic E-state index is 15.3. The van der Waals surface area contributed by atoms with Gasteiger partial charge in [0.2, 0.25) is 23.6 Å². The Morgan fingerprint density at radius 2 is 1.52 bits per heavy atom. The predicted molar refractivity (Wildman–Crippen MR) is 191 cm³/mol. The van der Waals surface area contributed by atoms with E-state index in [-0.39, 0.29) is 24.0 Å². The van der Waals surface area contributed by atoms with Crippen molar-refractivity contribution in [1.82, 2.24) is 0 Å². The molecule has 2 aliphatic heterocycles. The number of anilines is 2. The largest absolute Gasteiger partial charge is 0.507 e.